The van der Waals surface area contributed by atoms with Gasteiger partial charge in [0.15, 0.2) is 0 Å². The van der Waals surface area contributed by atoms with Crippen LogP contribution in [0, 0.1) is 6.92 Å². The maximum absolute atomic E-state index is 12.3. The topological polar surface area (TPSA) is 44.4 Å². The summed E-state index contributed by atoms with van der Waals surface area (Å²) < 4.78 is 0. The first-order valence-corrected chi connectivity index (χ1v) is 7.98. The zero-order chi connectivity index (χ0) is 15.2. The van der Waals surface area contributed by atoms with Gasteiger partial charge in [-0.05, 0) is 25.8 Å². The number of nitrogens with zero attached hydrogens (tertiary/aromatic N) is 1. The summed E-state index contributed by atoms with van der Waals surface area (Å²) in [5.41, 5.74) is 2.58. The fraction of sp³-hybridized carbons (Fsp3) is 0.588. The van der Waals surface area contributed by atoms with E-state index in [2.05, 4.69) is 53.6 Å². The van der Waals surface area contributed by atoms with Crippen LogP contribution in [-0.2, 0) is 4.79 Å². The third-order valence-electron chi connectivity index (χ3n) is 4.19. The number of hydrogen-bond acceptors (Lipinski definition) is 3. The van der Waals surface area contributed by atoms with Crippen molar-refractivity contribution in [1.29, 1.82) is 0 Å². The lowest BCUT2D eigenvalue weighted by Crippen LogP contribution is -2.58. The maximum atomic E-state index is 12.3. The number of benzene rings is 1. The lowest BCUT2D eigenvalue weighted by molar-refractivity contribution is -0.128. The first-order chi connectivity index (χ1) is 10.2. The average molecular weight is 289 g/mol. The minimum atomic E-state index is -0.0787. The molecule has 0 aliphatic carbocycles. The lowest BCUT2D eigenvalue weighted by atomic mass is 9.98. The fourth-order valence-corrected chi connectivity index (χ4v) is 3.08. The number of likely N-dealkylation sites (N-methyl/N-ethyl adjacent to an activating group) is 1. The monoisotopic (exact) mass is 289 g/mol. The van der Waals surface area contributed by atoms with Crippen molar-refractivity contribution in [3.8, 4) is 0 Å². The summed E-state index contributed by atoms with van der Waals surface area (Å²) in [6, 6.07) is 8.92. The van der Waals surface area contributed by atoms with Crippen LogP contribution >= 0.6 is 0 Å². The molecule has 2 atom stereocenters. The van der Waals surface area contributed by atoms with Gasteiger partial charge in [0.1, 0.15) is 6.04 Å². The number of nitrogens with one attached hydrogen (secondary N) is 2. The Labute approximate surface area is 127 Å². The molecule has 4 heteroatoms. The zero-order valence-corrected chi connectivity index (χ0v) is 13.4. The van der Waals surface area contributed by atoms with Gasteiger partial charge in [-0.3, -0.25) is 9.69 Å². The summed E-state index contributed by atoms with van der Waals surface area (Å²) in [5, 5.41) is 6.31. The van der Waals surface area contributed by atoms with Crippen molar-refractivity contribution < 1.29 is 4.79 Å². The van der Waals surface area contributed by atoms with Gasteiger partial charge in [0, 0.05) is 32.2 Å². The number of carbonyl (C=O) groups excluding carboxylic acids is 1. The molecule has 1 saturated heterocycles. The van der Waals surface area contributed by atoms with E-state index in [0.29, 0.717) is 12.6 Å². The minimum absolute atomic E-state index is 0.0787. The van der Waals surface area contributed by atoms with Gasteiger partial charge < -0.3 is 10.6 Å². The van der Waals surface area contributed by atoms with E-state index in [0.717, 1.165) is 26.1 Å². The second kappa shape index (κ2) is 7.57. The predicted octanol–water partition coefficient (Wildman–Crippen LogP) is 1.86. The summed E-state index contributed by atoms with van der Waals surface area (Å²) in [6.07, 6.45) is 1.01. The highest BCUT2D eigenvalue weighted by molar-refractivity contribution is 5.82. The van der Waals surface area contributed by atoms with Gasteiger partial charge in [-0.2, -0.15) is 0 Å². The van der Waals surface area contributed by atoms with Crippen LogP contribution in [0.15, 0.2) is 24.3 Å². The van der Waals surface area contributed by atoms with Crippen molar-refractivity contribution in [2.45, 2.75) is 39.3 Å². The van der Waals surface area contributed by atoms with Crippen LogP contribution in [0.25, 0.3) is 0 Å². The Morgan fingerprint density at radius 1 is 1.38 bits per heavy atom. The van der Waals surface area contributed by atoms with E-state index in [1.54, 1.807) is 0 Å². The van der Waals surface area contributed by atoms with Crippen LogP contribution in [0.1, 0.15) is 37.4 Å². The predicted molar refractivity (Wildman–Crippen MR) is 86.3 cm³/mol. The molecule has 1 aromatic carbocycles. The largest absolute Gasteiger partial charge is 0.355 e. The first-order valence-electron chi connectivity index (χ1n) is 7.98. The Hall–Kier alpha value is -1.39. The molecule has 0 spiro atoms. The van der Waals surface area contributed by atoms with Crippen LogP contribution in [0.5, 0.6) is 0 Å². The zero-order valence-electron chi connectivity index (χ0n) is 13.4. The molecule has 2 rings (SSSR count). The molecule has 21 heavy (non-hydrogen) atoms. The number of carbonyl (C=O) groups is 1. The summed E-state index contributed by atoms with van der Waals surface area (Å²) >= 11 is 0. The normalized spacial score (nSPS) is 21.0. The van der Waals surface area contributed by atoms with Crippen molar-refractivity contribution in [1.82, 2.24) is 15.5 Å². The highest BCUT2D eigenvalue weighted by atomic mass is 16.2. The average Bonchev–Trinajstić information content (AvgIpc) is 2.50. The second-order valence-corrected chi connectivity index (χ2v) is 5.69. The van der Waals surface area contributed by atoms with Gasteiger partial charge in [-0.25, -0.2) is 0 Å². The molecule has 4 nitrogen and oxygen atoms in total. The SMILES string of the molecule is CCNC(=O)C1CNCCN1C(CC)c1ccc(C)cc1. The molecule has 0 saturated carbocycles. The highest BCUT2D eigenvalue weighted by Crippen LogP contribution is 2.27. The first kappa shape index (κ1) is 16.0. The summed E-state index contributed by atoms with van der Waals surface area (Å²) in [6.45, 7) is 9.54. The molecule has 1 aliphatic heterocycles. The molecular weight excluding hydrogens is 262 g/mol. The molecule has 0 radical (unpaired) electrons. The third-order valence-corrected chi connectivity index (χ3v) is 4.19. The van der Waals surface area contributed by atoms with Crippen LogP contribution in [0.2, 0.25) is 0 Å². The van der Waals surface area contributed by atoms with Crippen molar-refractivity contribution in [2.75, 3.05) is 26.2 Å². The van der Waals surface area contributed by atoms with Crippen LogP contribution in [-0.4, -0.2) is 43.0 Å². The van der Waals surface area contributed by atoms with E-state index < -0.39 is 0 Å². The molecule has 0 aromatic heterocycles. The third kappa shape index (κ3) is 3.83. The summed E-state index contributed by atoms with van der Waals surface area (Å²) in [4.78, 5) is 14.7. The van der Waals surface area contributed by atoms with Crippen LogP contribution in [0.3, 0.4) is 0 Å². The molecule has 1 heterocycles. The molecule has 2 N–H and O–H groups in total. The Bertz CT molecular complexity index is 458. The van der Waals surface area contributed by atoms with Crippen molar-refractivity contribution >= 4 is 5.91 Å². The second-order valence-electron chi connectivity index (χ2n) is 5.69. The Morgan fingerprint density at radius 3 is 2.71 bits per heavy atom. The number of hydrogen-bond donors (Lipinski definition) is 2. The van der Waals surface area contributed by atoms with Gasteiger partial charge in [-0.15, -0.1) is 0 Å². The maximum Gasteiger partial charge on any atom is 0.238 e. The van der Waals surface area contributed by atoms with Crippen molar-refractivity contribution in [2.24, 2.45) is 0 Å². The number of rotatable bonds is 5. The molecule has 1 aliphatic rings. The molecular formula is C17H27N3O. The number of aryl methyl sites for hydroxylation is 1. The molecule has 2 unspecified atom stereocenters. The molecule has 0 bridgehead atoms. The van der Waals surface area contributed by atoms with E-state index >= 15 is 0 Å². The Balaban J connectivity index is 2.20. The minimum Gasteiger partial charge on any atom is -0.355 e. The van der Waals surface area contributed by atoms with E-state index in [1.165, 1.54) is 11.1 Å². The van der Waals surface area contributed by atoms with E-state index in [-0.39, 0.29) is 11.9 Å². The van der Waals surface area contributed by atoms with Gasteiger partial charge in [0.25, 0.3) is 0 Å². The molecule has 1 fully saturated rings. The van der Waals surface area contributed by atoms with E-state index in [4.69, 9.17) is 0 Å². The van der Waals surface area contributed by atoms with Gasteiger partial charge in [-0.1, -0.05) is 36.8 Å². The van der Waals surface area contributed by atoms with Gasteiger partial charge in [0.05, 0.1) is 0 Å². The summed E-state index contributed by atoms with van der Waals surface area (Å²) in [7, 11) is 0. The van der Waals surface area contributed by atoms with Gasteiger partial charge in [0.2, 0.25) is 5.91 Å². The van der Waals surface area contributed by atoms with Crippen LogP contribution in [0.4, 0.5) is 0 Å². The van der Waals surface area contributed by atoms with Gasteiger partial charge >= 0.3 is 0 Å². The standard InChI is InChI=1S/C17H27N3O/c1-4-15(14-8-6-13(3)7-9-14)20-11-10-18-12-16(20)17(21)19-5-2/h6-9,15-16,18H,4-5,10-12H2,1-3H3,(H,19,21). The lowest BCUT2D eigenvalue weighted by Gasteiger charge is -2.40. The molecule has 1 amide bonds. The quantitative estimate of drug-likeness (QED) is 0.869. The Kier molecular flexibility index (Phi) is 5.76. The number of piperazine rings is 1. The smallest absolute Gasteiger partial charge is 0.238 e. The molecule has 1 aromatic rings. The number of amides is 1. The highest BCUT2D eigenvalue weighted by Gasteiger charge is 2.33. The Morgan fingerprint density at radius 2 is 2.10 bits per heavy atom. The summed E-state index contributed by atoms with van der Waals surface area (Å²) in [5.74, 6) is 0.135. The van der Waals surface area contributed by atoms with Crippen molar-refractivity contribution in [3.05, 3.63) is 35.4 Å². The van der Waals surface area contributed by atoms with E-state index in [1.807, 2.05) is 6.92 Å². The fourth-order valence-electron chi connectivity index (χ4n) is 3.08. The van der Waals surface area contributed by atoms with Crippen molar-refractivity contribution in [3.63, 3.8) is 0 Å². The van der Waals surface area contributed by atoms with E-state index in [9.17, 15) is 4.79 Å². The van der Waals surface area contributed by atoms with Crippen LogP contribution < -0.4 is 10.6 Å². The molecule has 116 valence electrons.